The van der Waals surface area contributed by atoms with Crippen LogP contribution in [0.3, 0.4) is 0 Å². The molecule has 1 N–H and O–H groups in total. The van der Waals surface area contributed by atoms with Crippen LogP contribution in [-0.4, -0.2) is 38.3 Å². The number of hydrogen-bond donors (Lipinski definition) is 1. The van der Waals surface area contributed by atoms with Crippen molar-refractivity contribution in [3.63, 3.8) is 0 Å². The Morgan fingerprint density at radius 2 is 1.62 bits per heavy atom. The van der Waals surface area contributed by atoms with E-state index in [1.54, 1.807) is 30.3 Å². The maximum atomic E-state index is 12.0. The topological polar surface area (TPSA) is 83.1 Å². The average molecular weight is 422 g/mol. The van der Waals surface area contributed by atoms with E-state index in [0.717, 1.165) is 5.56 Å². The highest BCUT2D eigenvalue weighted by molar-refractivity contribution is 6.32. The number of nitrogens with one attached hydrogen (secondary N) is 1. The molecular weight excluding hydrogens is 398 g/mol. The second-order valence-electron chi connectivity index (χ2n) is 5.96. The first kappa shape index (κ1) is 22.4. The number of carbonyl (C=O) groups is 2. The van der Waals surface area contributed by atoms with Crippen LogP contribution in [0.4, 0.5) is 5.69 Å². The molecule has 0 bridgehead atoms. The number of halogens is 1. The van der Waals surface area contributed by atoms with E-state index in [2.05, 4.69) is 5.32 Å². The molecule has 0 atom stereocenters. The van der Waals surface area contributed by atoms with Gasteiger partial charge in [0, 0.05) is 11.8 Å². The quantitative estimate of drug-likeness (QED) is 0.584. The largest absolute Gasteiger partial charge is 0.490 e. The van der Waals surface area contributed by atoms with Crippen LogP contribution in [0.15, 0.2) is 36.4 Å². The van der Waals surface area contributed by atoms with E-state index in [1.165, 1.54) is 0 Å². The fourth-order valence-electron chi connectivity index (χ4n) is 2.37. The van der Waals surface area contributed by atoms with Crippen LogP contribution in [0.25, 0.3) is 0 Å². The van der Waals surface area contributed by atoms with Crippen molar-refractivity contribution >= 4 is 29.2 Å². The minimum absolute atomic E-state index is 0.353. The zero-order valence-corrected chi connectivity index (χ0v) is 17.4. The molecule has 7 nitrogen and oxygen atoms in total. The fraction of sp³-hybridized carbons (Fsp3) is 0.333. The Balaban J connectivity index is 1.83. The molecule has 0 aromatic heterocycles. The van der Waals surface area contributed by atoms with E-state index in [9.17, 15) is 9.59 Å². The zero-order valence-electron chi connectivity index (χ0n) is 16.6. The van der Waals surface area contributed by atoms with Crippen LogP contribution < -0.4 is 19.5 Å². The van der Waals surface area contributed by atoms with Gasteiger partial charge >= 0.3 is 5.97 Å². The summed E-state index contributed by atoms with van der Waals surface area (Å²) in [5.41, 5.74) is 1.44. The molecule has 2 aromatic rings. The van der Waals surface area contributed by atoms with Crippen molar-refractivity contribution in [1.29, 1.82) is 0 Å². The minimum Gasteiger partial charge on any atom is -0.490 e. The minimum atomic E-state index is -0.681. The van der Waals surface area contributed by atoms with Gasteiger partial charge in [-0.25, -0.2) is 4.79 Å². The monoisotopic (exact) mass is 421 g/mol. The fourth-order valence-corrected chi connectivity index (χ4v) is 2.54. The Morgan fingerprint density at radius 3 is 2.34 bits per heavy atom. The first-order valence-corrected chi connectivity index (χ1v) is 9.54. The lowest BCUT2D eigenvalue weighted by atomic mass is 10.2. The van der Waals surface area contributed by atoms with Crippen LogP contribution in [0.5, 0.6) is 17.2 Å². The summed E-state index contributed by atoms with van der Waals surface area (Å²) in [5.74, 6) is 0.321. The molecule has 0 radical (unpaired) electrons. The molecule has 1 amide bonds. The van der Waals surface area contributed by atoms with Gasteiger partial charge in [0.25, 0.3) is 5.91 Å². The van der Waals surface area contributed by atoms with Gasteiger partial charge in [0.15, 0.2) is 24.7 Å². The third-order valence-corrected chi connectivity index (χ3v) is 3.94. The maximum absolute atomic E-state index is 12.0. The molecule has 156 valence electrons. The number of ether oxygens (including phenoxy) is 4. The van der Waals surface area contributed by atoms with Crippen molar-refractivity contribution in [2.24, 2.45) is 0 Å². The summed E-state index contributed by atoms with van der Waals surface area (Å²) in [4.78, 5) is 23.9. The number of esters is 1. The van der Waals surface area contributed by atoms with E-state index in [4.69, 9.17) is 30.5 Å². The Kier molecular flexibility index (Phi) is 8.61. The third kappa shape index (κ3) is 7.19. The molecule has 0 aliphatic rings. The summed E-state index contributed by atoms with van der Waals surface area (Å²) < 4.78 is 21.3. The summed E-state index contributed by atoms with van der Waals surface area (Å²) in [6.07, 6.45) is 0. The summed E-state index contributed by atoms with van der Waals surface area (Å²) >= 11 is 6.00. The lowest BCUT2D eigenvalue weighted by Gasteiger charge is -2.13. The Labute approximate surface area is 174 Å². The van der Waals surface area contributed by atoms with Gasteiger partial charge in [-0.15, -0.1) is 0 Å². The number of hydrogen-bond acceptors (Lipinski definition) is 6. The van der Waals surface area contributed by atoms with Crippen molar-refractivity contribution < 1.29 is 28.5 Å². The second-order valence-corrected chi connectivity index (χ2v) is 6.37. The molecule has 0 heterocycles. The maximum Gasteiger partial charge on any atom is 0.344 e. The van der Waals surface area contributed by atoms with Gasteiger partial charge in [0.05, 0.1) is 18.2 Å². The molecule has 0 aliphatic carbocycles. The smallest absolute Gasteiger partial charge is 0.344 e. The number of aryl methyl sites for hydroxylation is 1. The van der Waals surface area contributed by atoms with Gasteiger partial charge in [-0.1, -0.05) is 17.7 Å². The number of rotatable bonds is 10. The molecule has 0 aliphatic heterocycles. The van der Waals surface area contributed by atoms with Gasteiger partial charge in [0.1, 0.15) is 5.75 Å². The van der Waals surface area contributed by atoms with Gasteiger partial charge in [0.2, 0.25) is 0 Å². The molecule has 2 rings (SSSR count). The normalized spacial score (nSPS) is 10.2. The molecule has 0 saturated carbocycles. The molecule has 2 aromatic carbocycles. The number of benzene rings is 2. The van der Waals surface area contributed by atoms with Crippen molar-refractivity contribution in [3.8, 4) is 17.2 Å². The highest BCUT2D eigenvalue weighted by atomic mass is 35.5. The number of anilines is 1. The van der Waals surface area contributed by atoms with E-state index in [1.807, 2.05) is 26.8 Å². The Bertz CT molecular complexity index is 855. The lowest BCUT2D eigenvalue weighted by molar-refractivity contribution is -0.149. The van der Waals surface area contributed by atoms with E-state index < -0.39 is 18.5 Å². The molecule has 0 spiro atoms. The van der Waals surface area contributed by atoms with Crippen LogP contribution in [0.2, 0.25) is 5.02 Å². The van der Waals surface area contributed by atoms with Crippen molar-refractivity contribution in [1.82, 2.24) is 0 Å². The molecule has 0 unspecified atom stereocenters. The zero-order chi connectivity index (χ0) is 21.2. The Morgan fingerprint density at radius 1 is 0.897 bits per heavy atom. The van der Waals surface area contributed by atoms with Crippen LogP contribution in [-0.2, 0) is 14.3 Å². The summed E-state index contributed by atoms with van der Waals surface area (Å²) in [7, 11) is 0. The summed E-state index contributed by atoms with van der Waals surface area (Å²) in [6, 6.07) is 10.3. The van der Waals surface area contributed by atoms with Gasteiger partial charge < -0.3 is 24.3 Å². The third-order valence-electron chi connectivity index (χ3n) is 3.62. The molecule has 0 fully saturated rings. The van der Waals surface area contributed by atoms with Gasteiger partial charge in [-0.2, -0.15) is 0 Å². The summed E-state index contributed by atoms with van der Waals surface area (Å²) in [6.45, 7) is 5.76. The SMILES string of the molecule is CCOc1ccc(NC(=O)COC(=O)COc2cc(C)ccc2Cl)cc1OCC. The number of amides is 1. The van der Waals surface area contributed by atoms with E-state index in [0.29, 0.717) is 41.2 Å². The van der Waals surface area contributed by atoms with Crippen LogP contribution in [0.1, 0.15) is 19.4 Å². The predicted molar refractivity (Wildman–Crippen MR) is 110 cm³/mol. The molecular formula is C21H24ClNO6. The van der Waals surface area contributed by atoms with E-state index >= 15 is 0 Å². The first-order valence-electron chi connectivity index (χ1n) is 9.17. The van der Waals surface area contributed by atoms with Crippen molar-refractivity contribution in [2.75, 3.05) is 31.7 Å². The summed E-state index contributed by atoms with van der Waals surface area (Å²) in [5, 5.41) is 3.03. The second kappa shape index (κ2) is 11.2. The lowest BCUT2D eigenvalue weighted by Crippen LogP contribution is -2.23. The highest BCUT2D eigenvalue weighted by Gasteiger charge is 2.12. The average Bonchev–Trinajstić information content (AvgIpc) is 2.69. The first-order chi connectivity index (χ1) is 13.9. The van der Waals surface area contributed by atoms with E-state index in [-0.39, 0.29) is 6.61 Å². The van der Waals surface area contributed by atoms with Crippen LogP contribution in [0, 0.1) is 6.92 Å². The molecule has 0 saturated heterocycles. The standard InChI is InChI=1S/C21H24ClNO6/c1-4-26-17-9-7-15(11-19(17)27-5-2)23-20(24)12-29-21(25)13-28-18-10-14(3)6-8-16(18)22/h6-11H,4-5,12-13H2,1-3H3,(H,23,24). The van der Waals surface area contributed by atoms with Gasteiger partial charge in [-0.05, 0) is 50.6 Å². The number of carbonyl (C=O) groups excluding carboxylic acids is 2. The Hall–Kier alpha value is -2.93. The van der Waals surface area contributed by atoms with Crippen molar-refractivity contribution in [2.45, 2.75) is 20.8 Å². The highest BCUT2D eigenvalue weighted by Crippen LogP contribution is 2.30. The molecule has 8 heteroatoms. The van der Waals surface area contributed by atoms with Gasteiger partial charge in [-0.3, -0.25) is 4.79 Å². The predicted octanol–water partition coefficient (Wildman–Crippen LogP) is 4.01. The van der Waals surface area contributed by atoms with Crippen LogP contribution >= 0.6 is 11.6 Å². The van der Waals surface area contributed by atoms with Crippen molar-refractivity contribution in [3.05, 3.63) is 47.0 Å². The molecule has 29 heavy (non-hydrogen) atoms.